The van der Waals surface area contributed by atoms with E-state index in [2.05, 4.69) is 11.0 Å². The van der Waals surface area contributed by atoms with Gasteiger partial charge in [0, 0.05) is 18.6 Å². The average Bonchev–Trinajstić information content (AvgIpc) is 2.41. The minimum Gasteiger partial charge on any atom is -0.379 e. The number of fused-ring (bicyclic) bond motifs is 4. The standard InChI is InChI=1S/C15H22N2O/c16-11-14-6-4-12(14)13-3-1-2-5-15(13,14)17-7-9-18-10-8-17/h12-13H,1-10H2. The van der Waals surface area contributed by atoms with E-state index >= 15 is 0 Å². The molecular formula is C15H22N2O. The maximum atomic E-state index is 9.79. The van der Waals surface area contributed by atoms with Crippen molar-refractivity contribution in [1.82, 2.24) is 4.90 Å². The first kappa shape index (κ1) is 11.3. The molecule has 4 aliphatic rings. The first-order chi connectivity index (χ1) is 8.85. The smallest absolute Gasteiger partial charge is 0.0791 e. The van der Waals surface area contributed by atoms with Gasteiger partial charge < -0.3 is 4.74 Å². The molecule has 3 saturated carbocycles. The molecule has 0 amide bonds. The molecule has 4 fully saturated rings. The lowest BCUT2D eigenvalue weighted by atomic mass is 9.31. The summed E-state index contributed by atoms with van der Waals surface area (Å²) in [6.45, 7) is 3.82. The third-order valence-electron chi connectivity index (χ3n) is 6.45. The maximum absolute atomic E-state index is 9.79. The highest BCUT2D eigenvalue weighted by Gasteiger charge is 2.77. The zero-order valence-electron chi connectivity index (χ0n) is 11.0. The highest BCUT2D eigenvalue weighted by Crippen LogP contribution is 2.75. The Hall–Kier alpha value is -0.590. The molecule has 0 spiro atoms. The van der Waals surface area contributed by atoms with Crippen LogP contribution in [0.25, 0.3) is 0 Å². The Morgan fingerprint density at radius 2 is 1.89 bits per heavy atom. The topological polar surface area (TPSA) is 36.3 Å². The Bertz CT molecular complexity index is 398. The van der Waals surface area contributed by atoms with Gasteiger partial charge >= 0.3 is 0 Å². The fourth-order valence-electron chi connectivity index (χ4n) is 5.73. The van der Waals surface area contributed by atoms with E-state index in [1.165, 1.54) is 32.1 Å². The Morgan fingerprint density at radius 3 is 2.56 bits per heavy atom. The monoisotopic (exact) mass is 246 g/mol. The number of nitriles is 1. The van der Waals surface area contributed by atoms with Gasteiger partial charge in [0.25, 0.3) is 0 Å². The SMILES string of the molecule is N#CC12CCC1C1CCCCC12N1CCOCC1. The molecule has 1 saturated heterocycles. The third-order valence-corrected chi connectivity index (χ3v) is 6.45. The van der Waals surface area contributed by atoms with Crippen LogP contribution in [-0.2, 0) is 4.74 Å². The molecule has 0 N–H and O–H groups in total. The fraction of sp³-hybridized carbons (Fsp3) is 0.933. The first-order valence-corrected chi connectivity index (χ1v) is 7.59. The molecule has 3 nitrogen and oxygen atoms in total. The van der Waals surface area contributed by atoms with Crippen LogP contribution in [0.1, 0.15) is 38.5 Å². The number of hydrogen-bond acceptors (Lipinski definition) is 3. The quantitative estimate of drug-likeness (QED) is 0.711. The van der Waals surface area contributed by atoms with Crippen LogP contribution >= 0.6 is 0 Å². The second-order valence-corrected chi connectivity index (χ2v) is 6.60. The largest absolute Gasteiger partial charge is 0.379 e. The summed E-state index contributed by atoms with van der Waals surface area (Å²) < 4.78 is 5.52. The van der Waals surface area contributed by atoms with Crippen molar-refractivity contribution in [3.05, 3.63) is 0 Å². The van der Waals surface area contributed by atoms with Crippen molar-refractivity contribution in [2.75, 3.05) is 26.3 Å². The van der Waals surface area contributed by atoms with Gasteiger partial charge in [-0.25, -0.2) is 0 Å². The Labute approximate surface area is 109 Å². The van der Waals surface area contributed by atoms with Crippen molar-refractivity contribution in [2.45, 2.75) is 44.1 Å². The number of hydrogen-bond donors (Lipinski definition) is 0. The molecule has 0 aromatic rings. The number of ether oxygens (including phenoxy) is 1. The normalized spacial score (nSPS) is 51.3. The summed E-state index contributed by atoms with van der Waals surface area (Å²) in [5, 5.41) is 9.79. The summed E-state index contributed by atoms with van der Waals surface area (Å²) in [5.41, 5.74) is 0.266. The molecule has 0 radical (unpaired) electrons. The Kier molecular flexibility index (Phi) is 2.32. The Morgan fingerprint density at radius 1 is 1.06 bits per heavy atom. The molecule has 18 heavy (non-hydrogen) atoms. The van der Waals surface area contributed by atoms with Crippen molar-refractivity contribution in [1.29, 1.82) is 5.26 Å². The number of rotatable bonds is 1. The molecule has 4 atom stereocenters. The summed E-state index contributed by atoms with van der Waals surface area (Å²) in [7, 11) is 0. The van der Waals surface area contributed by atoms with E-state index in [0.29, 0.717) is 0 Å². The van der Waals surface area contributed by atoms with Crippen molar-refractivity contribution in [3.8, 4) is 6.07 Å². The van der Waals surface area contributed by atoms with Gasteiger partial charge in [-0.2, -0.15) is 5.26 Å². The van der Waals surface area contributed by atoms with Crippen molar-refractivity contribution in [2.24, 2.45) is 17.3 Å². The van der Waals surface area contributed by atoms with E-state index in [1.54, 1.807) is 0 Å². The summed E-state index contributed by atoms with van der Waals surface area (Å²) in [6, 6.07) is 2.77. The zero-order chi connectivity index (χ0) is 12.2. The van der Waals surface area contributed by atoms with Crippen molar-refractivity contribution < 1.29 is 4.74 Å². The molecule has 3 aliphatic carbocycles. The highest BCUT2D eigenvalue weighted by atomic mass is 16.5. The second-order valence-electron chi connectivity index (χ2n) is 6.60. The van der Waals surface area contributed by atoms with Crippen molar-refractivity contribution in [3.63, 3.8) is 0 Å². The van der Waals surface area contributed by atoms with E-state index in [1.807, 2.05) is 0 Å². The molecule has 0 aromatic carbocycles. The predicted molar refractivity (Wildman–Crippen MR) is 67.9 cm³/mol. The van der Waals surface area contributed by atoms with Gasteiger partial charge in [-0.05, 0) is 37.5 Å². The third kappa shape index (κ3) is 1.04. The van der Waals surface area contributed by atoms with Crippen LogP contribution in [0, 0.1) is 28.6 Å². The van der Waals surface area contributed by atoms with Crippen molar-refractivity contribution >= 4 is 0 Å². The molecular weight excluding hydrogens is 224 g/mol. The summed E-state index contributed by atoms with van der Waals surface area (Å²) in [5.74, 6) is 1.54. The van der Waals surface area contributed by atoms with Crippen LogP contribution in [0.15, 0.2) is 0 Å². The van der Waals surface area contributed by atoms with Crippen LogP contribution in [-0.4, -0.2) is 36.7 Å². The molecule has 3 heteroatoms. The Balaban J connectivity index is 1.71. The van der Waals surface area contributed by atoms with Gasteiger partial charge in [0.05, 0.1) is 24.7 Å². The molecule has 98 valence electrons. The molecule has 4 unspecified atom stereocenters. The van der Waals surface area contributed by atoms with Gasteiger partial charge in [-0.15, -0.1) is 0 Å². The lowest BCUT2D eigenvalue weighted by Gasteiger charge is -2.77. The average molecular weight is 246 g/mol. The summed E-state index contributed by atoms with van der Waals surface area (Å²) >= 11 is 0. The lowest BCUT2D eigenvalue weighted by Crippen LogP contribution is -2.82. The lowest BCUT2D eigenvalue weighted by molar-refractivity contribution is -0.273. The van der Waals surface area contributed by atoms with Crippen LogP contribution in [0.5, 0.6) is 0 Å². The van der Waals surface area contributed by atoms with Gasteiger partial charge in [0.2, 0.25) is 0 Å². The minimum absolute atomic E-state index is 0.0232. The van der Waals surface area contributed by atoms with Gasteiger partial charge in [0.1, 0.15) is 0 Å². The molecule has 1 aliphatic heterocycles. The summed E-state index contributed by atoms with van der Waals surface area (Å²) in [4.78, 5) is 2.65. The molecule has 1 heterocycles. The zero-order valence-corrected chi connectivity index (χ0v) is 11.0. The van der Waals surface area contributed by atoms with Gasteiger partial charge in [-0.1, -0.05) is 12.8 Å². The predicted octanol–water partition coefficient (Wildman–Crippen LogP) is 2.18. The van der Waals surface area contributed by atoms with E-state index in [-0.39, 0.29) is 11.0 Å². The van der Waals surface area contributed by atoms with Gasteiger partial charge in [0.15, 0.2) is 0 Å². The fourth-order valence-corrected chi connectivity index (χ4v) is 5.73. The van der Waals surface area contributed by atoms with Crippen LogP contribution in [0.2, 0.25) is 0 Å². The van der Waals surface area contributed by atoms with E-state index in [0.717, 1.165) is 44.6 Å². The first-order valence-electron chi connectivity index (χ1n) is 7.59. The van der Waals surface area contributed by atoms with E-state index in [4.69, 9.17) is 4.74 Å². The maximum Gasteiger partial charge on any atom is 0.0791 e. The number of morpholine rings is 1. The molecule has 4 rings (SSSR count). The molecule has 0 aromatic heterocycles. The minimum atomic E-state index is 0.0232. The summed E-state index contributed by atoms with van der Waals surface area (Å²) in [6.07, 6.45) is 7.80. The van der Waals surface area contributed by atoms with E-state index < -0.39 is 0 Å². The van der Waals surface area contributed by atoms with Gasteiger partial charge in [-0.3, -0.25) is 4.90 Å². The molecule has 0 bridgehead atoms. The van der Waals surface area contributed by atoms with Crippen LogP contribution < -0.4 is 0 Å². The van der Waals surface area contributed by atoms with Crippen LogP contribution in [0.3, 0.4) is 0 Å². The second kappa shape index (κ2) is 3.71. The van der Waals surface area contributed by atoms with E-state index in [9.17, 15) is 5.26 Å². The number of nitrogens with zero attached hydrogens (tertiary/aromatic N) is 2. The van der Waals surface area contributed by atoms with Crippen LogP contribution in [0.4, 0.5) is 0 Å². The highest BCUT2D eigenvalue weighted by molar-refractivity contribution is 5.35.